The Morgan fingerprint density at radius 3 is 1.80 bits per heavy atom. The Morgan fingerprint density at radius 2 is 1.40 bits per heavy atom. The van der Waals surface area contributed by atoms with Gasteiger partial charge in [-0.2, -0.15) is 26.3 Å². The maximum absolute atomic E-state index is 12.1. The SMILES string of the molecule is FC(F)(F)c1cccc(Cl)n1.O=C(O)c1cc(Cl)nc(C(F)(F)F)c1. The van der Waals surface area contributed by atoms with E-state index in [0.717, 1.165) is 12.1 Å². The quantitative estimate of drug-likeness (QED) is 0.521. The molecule has 0 radical (unpaired) electrons. The zero-order valence-electron chi connectivity index (χ0n) is 11.7. The molecule has 0 atom stereocenters. The molecule has 0 amide bonds. The molecule has 0 aromatic carbocycles. The third-order valence-electron chi connectivity index (χ3n) is 2.34. The molecule has 25 heavy (non-hydrogen) atoms. The van der Waals surface area contributed by atoms with Crippen LogP contribution in [0.3, 0.4) is 0 Å². The summed E-state index contributed by atoms with van der Waals surface area (Å²) in [5.41, 5.74) is -2.83. The van der Waals surface area contributed by atoms with Crippen LogP contribution < -0.4 is 0 Å². The van der Waals surface area contributed by atoms with Crippen LogP contribution in [0.15, 0.2) is 30.3 Å². The fourth-order valence-electron chi connectivity index (χ4n) is 1.33. The summed E-state index contributed by atoms with van der Waals surface area (Å²) in [6.45, 7) is 0. The van der Waals surface area contributed by atoms with Crippen molar-refractivity contribution in [1.82, 2.24) is 9.97 Å². The van der Waals surface area contributed by atoms with Crippen LogP contribution in [0.2, 0.25) is 10.3 Å². The van der Waals surface area contributed by atoms with Crippen molar-refractivity contribution >= 4 is 29.2 Å². The van der Waals surface area contributed by atoms with Gasteiger partial charge in [-0.15, -0.1) is 0 Å². The first-order valence-electron chi connectivity index (χ1n) is 5.98. The molecule has 0 bridgehead atoms. The zero-order chi connectivity index (χ0) is 19.4. The molecule has 12 heteroatoms. The number of carboxylic acids is 1. The minimum Gasteiger partial charge on any atom is -0.478 e. The molecule has 0 aliphatic rings. The Bertz CT molecular complexity index is 765. The number of nitrogens with zero attached hydrogens (tertiary/aromatic N) is 2. The van der Waals surface area contributed by atoms with Crippen LogP contribution in [0.1, 0.15) is 21.7 Å². The van der Waals surface area contributed by atoms with E-state index in [1.54, 1.807) is 0 Å². The van der Waals surface area contributed by atoms with Crippen LogP contribution >= 0.6 is 23.2 Å². The van der Waals surface area contributed by atoms with Crippen molar-refractivity contribution in [3.05, 3.63) is 57.6 Å². The molecular weight excluding hydrogens is 401 g/mol. The Balaban J connectivity index is 0.000000257. The molecule has 2 heterocycles. The van der Waals surface area contributed by atoms with E-state index in [0.29, 0.717) is 6.07 Å². The van der Waals surface area contributed by atoms with Crippen molar-refractivity contribution in [2.75, 3.05) is 0 Å². The maximum Gasteiger partial charge on any atom is 0.433 e. The van der Waals surface area contributed by atoms with E-state index >= 15 is 0 Å². The van der Waals surface area contributed by atoms with Gasteiger partial charge in [0.25, 0.3) is 0 Å². The summed E-state index contributed by atoms with van der Waals surface area (Å²) >= 11 is 10.5. The van der Waals surface area contributed by atoms with E-state index in [1.165, 1.54) is 12.1 Å². The molecule has 136 valence electrons. The van der Waals surface area contributed by atoms with E-state index in [-0.39, 0.29) is 5.15 Å². The largest absolute Gasteiger partial charge is 0.478 e. The van der Waals surface area contributed by atoms with E-state index in [1.807, 2.05) is 0 Å². The highest BCUT2D eigenvalue weighted by Gasteiger charge is 2.34. The van der Waals surface area contributed by atoms with Gasteiger partial charge in [-0.1, -0.05) is 29.3 Å². The van der Waals surface area contributed by atoms with E-state index in [9.17, 15) is 31.1 Å². The number of carbonyl (C=O) groups is 1. The third-order valence-corrected chi connectivity index (χ3v) is 2.74. The minimum atomic E-state index is -4.70. The topological polar surface area (TPSA) is 63.1 Å². The van der Waals surface area contributed by atoms with Crippen LogP contribution in [0.25, 0.3) is 0 Å². The monoisotopic (exact) mass is 406 g/mol. The van der Waals surface area contributed by atoms with Crippen molar-refractivity contribution in [2.45, 2.75) is 12.4 Å². The molecule has 0 unspecified atom stereocenters. The normalized spacial score (nSPS) is 11.5. The maximum atomic E-state index is 12.1. The molecule has 4 nitrogen and oxygen atoms in total. The van der Waals surface area contributed by atoms with Gasteiger partial charge in [0.2, 0.25) is 0 Å². The van der Waals surface area contributed by atoms with Crippen molar-refractivity contribution in [1.29, 1.82) is 0 Å². The Kier molecular flexibility index (Phi) is 6.61. The summed E-state index contributed by atoms with van der Waals surface area (Å²) < 4.78 is 71.8. The van der Waals surface area contributed by atoms with Crippen LogP contribution in [0.4, 0.5) is 26.3 Å². The van der Waals surface area contributed by atoms with Crippen molar-refractivity contribution in [3.8, 4) is 0 Å². The first-order valence-corrected chi connectivity index (χ1v) is 6.74. The molecular formula is C13H6Cl2F6N2O2. The van der Waals surface area contributed by atoms with E-state index in [4.69, 9.17) is 28.3 Å². The van der Waals surface area contributed by atoms with Crippen molar-refractivity contribution < 1.29 is 36.2 Å². The average Bonchev–Trinajstić information content (AvgIpc) is 2.45. The van der Waals surface area contributed by atoms with Crippen LogP contribution in [-0.2, 0) is 12.4 Å². The summed E-state index contributed by atoms with van der Waals surface area (Å²) in [5.74, 6) is -1.49. The summed E-state index contributed by atoms with van der Waals surface area (Å²) in [7, 11) is 0. The first-order chi connectivity index (χ1) is 11.3. The second-order valence-electron chi connectivity index (χ2n) is 4.21. The summed E-state index contributed by atoms with van der Waals surface area (Å²) in [6, 6.07) is 4.63. The number of alkyl halides is 6. The molecule has 2 rings (SSSR count). The Labute approximate surface area is 146 Å². The van der Waals surface area contributed by atoms with Gasteiger partial charge in [-0.25, -0.2) is 14.8 Å². The van der Waals surface area contributed by atoms with Gasteiger partial charge in [-0.3, -0.25) is 0 Å². The first kappa shape index (κ1) is 21.0. The fourth-order valence-corrected chi connectivity index (χ4v) is 1.70. The summed E-state index contributed by atoms with van der Waals surface area (Å²) in [5, 5.41) is 7.79. The van der Waals surface area contributed by atoms with E-state index < -0.39 is 40.4 Å². The highest BCUT2D eigenvalue weighted by Crippen LogP contribution is 2.29. The minimum absolute atomic E-state index is 0.153. The fraction of sp³-hybridized carbons (Fsp3) is 0.154. The van der Waals surface area contributed by atoms with Crippen LogP contribution in [-0.4, -0.2) is 21.0 Å². The number of halogens is 8. The molecule has 2 aromatic heterocycles. The Morgan fingerprint density at radius 1 is 0.880 bits per heavy atom. The average molecular weight is 407 g/mol. The predicted octanol–water partition coefficient (Wildman–Crippen LogP) is 5.21. The number of pyridine rings is 2. The highest BCUT2D eigenvalue weighted by atomic mass is 35.5. The van der Waals surface area contributed by atoms with Gasteiger partial charge in [0.05, 0.1) is 5.56 Å². The molecule has 2 aromatic rings. The van der Waals surface area contributed by atoms with Crippen LogP contribution in [0.5, 0.6) is 0 Å². The third kappa shape index (κ3) is 6.75. The van der Waals surface area contributed by atoms with Gasteiger partial charge < -0.3 is 5.11 Å². The van der Waals surface area contributed by atoms with Gasteiger partial charge in [-0.05, 0) is 24.3 Å². The lowest BCUT2D eigenvalue weighted by molar-refractivity contribution is -0.141. The molecule has 0 aliphatic carbocycles. The van der Waals surface area contributed by atoms with Crippen molar-refractivity contribution in [3.63, 3.8) is 0 Å². The second-order valence-corrected chi connectivity index (χ2v) is 4.98. The molecule has 0 fully saturated rings. The lowest BCUT2D eigenvalue weighted by Gasteiger charge is -2.06. The Hall–Kier alpha value is -2.07. The standard InChI is InChI=1S/C7H3ClF3NO2.C6H3ClF3N/c8-5-2-3(6(13)14)1-4(12-5)7(9,10)11;7-5-3-1-2-4(11-5)6(8,9)10/h1-2H,(H,13,14);1-3H. The van der Waals surface area contributed by atoms with Gasteiger partial charge >= 0.3 is 18.3 Å². The van der Waals surface area contributed by atoms with E-state index in [2.05, 4.69) is 9.97 Å². The van der Waals surface area contributed by atoms with Gasteiger partial charge in [0, 0.05) is 0 Å². The lowest BCUT2D eigenvalue weighted by Crippen LogP contribution is -2.10. The highest BCUT2D eigenvalue weighted by molar-refractivity contribution is 6.29. The number of carboxylic acid groups (broad SMARTS) is 1. The molecule has 0 saturated carbocycles. The summed E-state index contributed by atoms with van der Waals surface area (Å²) in [6.07, 6.45) is -9.11. The molecule has 1 N–H and O–H groups in total. The van der Waals surface area contributed by atoms with Gasteiger partial charge in [0.1, 0.15) is 21.7 Å². The second kappa shape index (κ2) is 7.87. The number of aromatic carboxylic acids is 1. The van der Waals surface area contributed by atoms with Gasteiger partial charge in [0.15, 0.2) is 0 Å². The predicted molar refractivity (Wildman–Crippen MR) is 75.5 cm³/mol. The summed E-state index contributed by atoms with van der Waals surface area (Å²) in [4.78, 5) is 16.4. The number of aromatic nitrogens is 2. The number of hydrogen-bond acceptors (Lipinski definition) is 3. The molecule has 0 saturated heterocycles. The molecule has 0 spiro atoms. The smallest absolute Gasteiger partial charge is 0.433 e. The number of rotatable bonds is 1. The zero-order valence-corrected chi connectivity index (χ0v) is 13.2. The van der Waals surface area contributed by atoms with Crippen LogP contribution in [0, 0.1) is 0 Å². The van der Waals surface area contributed by atoms with Crippen molar-refractivity contribution in [2.24, 2.45) is 0 Å². The number of hydrogen-bond donors (Lipinski definition) is 1. The molecule has 0 aliphatic heterocycles. The lowest BCUT2D eigenvalue weighted by atomic mass is 10.2.